The minimum atomic E-state index is -2.88. The van der Waals surface area contributed by atoms with Gasteiger partial charge in [-0.05, 0) is 33.3 Å². The number of methoxy groups -OCH3 is 1. The van der Waals surface area contributed by atoms with Crippen LogP contribution in [0.4, 0.5) is 0 Å². The fourth-order valence-electron chi connectivity index (χ4n) is 8.19. The number of hydrogen-bond donors (Lipinski definition) is 1. The van der Waals surface area contributed by atoms with Crippen LogP contribution in [0.15, 0.2) is 121 Å². The molecule has 9 nitrogen and oxygen atoms in total. The van der Waals surface area contributed by atoms with E-state index >= 15 is 0 Å². The van der Waals surface area contributed by atoms with Crippen molar-refractivity contribution >= 4 is 30.4 Å². The molecule has 0 aromatic heterocycles. The molecular weight excluding hydrogens is 723 g/mol. The molecule has 2 fully saturated rings. The fourth-order valence-corrected chi connectivity index (χ4v) is 12.8. The molecule has 56 heavy (non-hydrogen) atoms. The summed E-state index contributed by atoms with van der Waals surface area (Å²) in [5, 5.41) is 5.63. The molecule has 1 N–H and O–H groups in total. The second-order valence-electron chi connectivity index (χ2n) is 16.1. The number of benzene rings is 4. The highest BCUT2D eigenvalue weighted by Crippen LogP contribution is 2.38. The first-order valence-corrected chi connectivity index (χ1v) is 21.6. The van der Waals surface area contributed by atoms with E-state index in [2.05, 4.69) is 81.5 Å². The lowest BCUT2D eigenvalue weighted by molar-refractivity contribution is -0.291. The molecule has 0 amide bonds. The van der Waals surface area contributed by atoms with E-state index in [4.69, 9.17) is 28.1 Å². The van der Waals surface area contributed by atoms with E-state index in [0.717, 1.165) is 5.56 Å². The topological polar surface area (TPSA) is 102 Å². The van der Waals surface area contributed by atoms with Gasteiger partial charge in [-0.1, -0.05) is 156 Å². The van der Waals surface area contributed by atoms with Crippen LogP contribution in [0.2, 0.25) is 5.04 Å². The fraction of sp³-hybridized carbons (Fsp3) is 0.435. The zero-order chi connectivity index (χ0) is 39.7. The predicted octanol–water partition coefficient (Wildman–Crippen LogP) is 6.33. The van der Waals surface area contributed by atoms with Gasteiger partial charge in [0.2, 0.25) is 0 Å². The molecule has 8 unspecified atom stereocenters. The lowest BCUT2D eigenvalue weighted by Crippen LogP contribution is -2.67. The third kappa shape index (κ3) is 9.57. The van der Waals surface area contributed by atoms with Crippen molar-refractivity contribution in [3.05, 3.63) is 132 Å². The molecule has 0 bridgehead atoms. The first-order valence-electron chi connectivity index (χ1n) is 19.7. The van der Waals surface area contributed by atoms with Gasteiger partial charge in [0.05, 0.1) is 51.7 Å². The molecule has 2 aliphatic heterocycles. The molecule has 4 aromatic carbocycles. The molecule has 0 radical (unpaired) electrons. The van der Waals surface area contributed by atoms with Crippen LogP contribution >= 0.6 is 0 Å². The molecule has 0 spiro atoms. The van der Waals surface area contributed by atoms with Gasteiger partial charge >= 0.3 is 5.97 Å². The predicted molar refractivity (Wildman–Crippen MR) is 219 cm³/mol. The molecular formula is C46H57NO8Si. The van der Waals surface area contributed by atoms with Crippen molar-refractivity contribution in [2.24, 2.45) is 11.8 Å². The van der Waals surface area contributed by atoms with Gasteiger partial charge in [0, 0.05) is 11.5 Å². The summed E-state index contributed by atoms with van der Waals surface area (Å²) in [5.41, 5.74) is 1.62. The van der Waals surface area contributed by atoms with E-state index < -0.39 is 44.9 Å². The third-order valence-electron chi connectivity index (χ3n) is 11.1. The maximum Gasteiger partial charge on any atom is 0.337 e. The zero-order valence-electron chi connectivity index (χ0n) is 33.5. The molecule has 0 aliphatic carbocycles. The molecule has 0 saturated carbocycles. The first kappa shape index (κ1) is 41.6. The Morgan fingerprint density at radius 3 is 1.93 bits per heavy atom. The quantitative estimate of drug-likeness (QED) is 0.0843. The van der Waals surface area contributed by atoms with Crippen molar-refractivity contribution in [3.8, 4) is 0 Å². The molecule has 10 heteroatoms. The van der Waals surface area contributed by atoms with Gasteiger partial charge in [-0.3, -0.25) is 4.79 Å². The maximum atomic E-state index is 13.4. The van der Waals surface area contributed by atoms with Crippen molar-refractivity contribution in [1.29, 1.82) is 0 Å². The number of ether oxygens (including phenoxy) is 5. The monoisotopic (exact) mass is 779 g/mol. The molecule has 2 aliphatic rings. The summed E-state index contributed by atoms with van der Waals surface area (Å²) < 4.78 is 39.2. The number of esters is 1. The highest BCUT2D eigenvalue weighted by molar-refractivity contribution is 6.99. The van der Waals surface area contributed by atoms with Crippen LogP contribution in [0.25, 0.3) is 0 Å². The van der Waals surface area contributed by atoms with E-state index in [-0.39, 0.29) is 35.3 Å². The van der Waals surface area contributed by atoms with E-state index in [0.29, 0.717) is 31.8 Å². The van der Waals surface area contributed by atoms with Crippen LogP contribution in [-0.4, -0.2) is 83.7 Å². The number of carbonyl (C=O) groups excluding carboxylic acids is 2. The van der Waals surface area contributed by atoms with Crippen molar-refractivity contribution in [2.45, 2.75) is 89.4 Å². The zero-order valence-corrected chi connectivity index (χ0v) is 34.5. The van der Waals surface area contributed by atoms with Gasteiger partial charge in [0.15, 0.2) is 18.2 Å². The Hall–Kier alpha value is -4.00. The number of nitrogens with one attached hydrogen (secondary N) is 1. The van der Waals surface area contributed by atoms with Crippen molar-refractivity contribution in [3.63, 3.8) is 0 Å². The second kappa shape index (κ2) is 19.0. The summed E-state index contributed by atoms with van der Waals surface area (Å²) in [6.45, 7) is 12.0. The van der Waals surface area contributed by atoms with Crippen LogP contribution in [0.5, 0.6) is 0 Å². The Labute approximate surface area is 333 Å². The second-order valence-corrected chi connectivity index (χ2v) is 20.4. The SMILES string of the molecule is COC(=O)C1OCC(C)C(OCc2ccccc2)C1OC1OC(CO[Si](c2ccccc2)(c2ccccc2)C(C)(C)C)CC(C)C1NCC(=O)c1ccccc1. The lowest BCUT2D eigenvalue weighted by Gasteiger charge is -2.47. The van der Waals surface area contributed by atoms with Crippen molar-refractivity contribution in [1.82, 2.24) is 5.32 Å². The highest BCUT2D eigenvalue weighted by atomic mass is 28.4. The third-order valence-corrected chi connectivity index (χ3v) is 16.1. The summed E-state index contributed by atoms with van der Waals surface area (Å²) in [4.78, 5) is 26.7. The summed E-state index contributed by atoms with van der Waals surface area (Å²) in [6, 6.07) is 39.8. The van der Waals surface area contributed by atoms with Gasteiger partial charge in [-0.25, -0.2) is 4.79 Å². The van der Waals surface area contributed by atoms with Crippen molar-refractivity contribution in [2.75, 3.05) is 26.9 Å². The Balaban J connectivity index is 1.31. The molecule has 6 rings (SSSR count). The van der Waals surface area contributed by atoms with Crippen LogP contribution in [0.1, 0.15) is 57.0 Å². The Kier molecular flexibility index (Phi) is 14.1. The average Bonchev–Trinajstić information content (AvgIpc) is 3.21. The molecule has 2 heterocycles. The summed E-state index contributed by atoms with van der Waals surface area (Å²) >= 11 is 0. The minimum absolute atomic E-state index is 0.00715. The number of rotatable bonds is 15. The van der Waals surface area contributed by atoms with Crippen LogP contribution in [0.3, 0.4) is 0 Å². The standard InChI is InChI=1S/C46H57NO8Si/c1-32-27-36(31-53-56(46(3,4)5,37-23-15-9-16-24-37)38-25-17-10-18-26-38)54-45(40(32)47-28-39(48)35-21-13-8-14-22-35)55-42-41(52-30-34-19-11-7-12-20-34)33(2)29-51-43(42)44(49)50-6/h7-26,32-33,36,40-43,45,47H,27-31H2,1-6H3. The normalized spacial score (nSPS) is 25.7. The summed E-state index contributed by atoms with van der Waals surface area (Å²) in [6.07, 6.45) is -3.02. The van der Waals surface area contributed by atoms with E-state index in [1.165, 1.54) is 17.5 Å². The number of hydrogen-bond acceptors (Lipinski definition) is 9. The highest BCUT2D eigenvalue weighted by Gasteiger charge is 2.52. The number of ketones is 1. The summed E-state index contributed by atoms with van der Waals surface area (Å²) in [5.74, 6) is -0.701. The van der Waals surface area contributed by atoms with Gasteiger partial charge in [0.25, 0.3) is 8.32 Å². The smallest absolute Gasteiger partial charge is 0.337 e. The number of Topliss-reactive ketones (excluding diaryl/α,β-unsaturated/α-hetero) is 1. The van der Waals surface area contributed by atoms with E-state index in [1.807, 2.05) is 79.7 Å². The minimum Gasteiger partial charge on any atom is -0.467 e. The Morgan fingerprint density at radius 2 is 1.36 bits per heavy atom. The van der Waals surface area contributed by atoms with Gasteiger partial charge in [0.1, 0.15) is 6.10 Å². The molecule has 8 atom stereocenters. The van der Waals surface area contributed by atoms with E-state index in [9.17, 15) is 9.59 Å². The van der Waals surface area contributed by atoms with Crippen molar-refractivity contribution < 1.29 is 37.7 Å². The lowest BCUT2D eigenvalue weighted by atomic mass is 9.90. The average molecular weight is 780 g/mol. The maximum absolute atomic E-state index is 13.4. The Morgan fingerprint density at radius 1 is 0.786 bits per heavy atom. The molecule has 298 valence electrons. The van der Waals surface area contributed by atoms with Gasteiger partial charge in [-0.15, -0.1) is 0 Å². The van der Waals surface area contributed by atoms with E-state index in [1.54, 1.807) is 0 Å². The van der Waals surface area contributed by atoms with Crippen LogP contribution in [0, 0.1) is 11.8 Å². The Bertz CT molecular complexity index is 1780. The van der Waals surface area contributed by atoms with Crippen LogP contribution in [-0.2, 0) is 39.5 Å². The molecule has 2 saturated heterocycles. The first-order chi connectivity index (χ1) is 27.0. The molecule has 4 aromatic rings. The largest absolute Gasteiger partial charge is 0.467 e. The van der Waals surface area contributed by atoms with Crippen LogP contribution < -0.4 is 15.7 Å². The van der Waals surface area contributed by atoms with Gasteiger partial charge in [-0.2, -0.15) is 0 Å². The van der Waals surface area contributed by atoms with Gasteiger partial charge < -0.3 is 33.4 Å². The summed E-state index contributed by atoms with van der Waals surface area (Å²) in [7, 11) is -1.54. The number of carbonyl (C=O) groups is 2.